The number of nitrogens with one attached hydrogen (secondary N) is 2. The molecule has 7 heteroatoms. The summed E-state index contributed by atoms with van der Waals surface area (Å²) in [6, 6.07) is 6.42. The molecule has 1 aliphatic heterocycles. The predicted octanol–water partition coefficient (Wildman–Crippen LogP) is 0.784. The van der Waals surface area contributed by atoms with Gasteiger partial charge in [-0.15, -0.1) is 0 Å². The summed E-state index contributed by atoms with van der Waals surface area (Å²) in [6.07, 6.45) is 0. The van der Waals surface area contributed by atoms with E-state index in [0.29, 0.717) is 5.69 Å². The molecule has 0 unspecified atom stereocenters. The van der Waals surface area contributed by atoms with E-state index < -0.39 is 4.92 Å². The van der Waals surface area contributed by atoms with Gasteiger partial charge < -0.3 is 10.6 Å². The Morgan fingerprint density at radius 2 is 2.20 bits per heavy atom. The van der Waals surface area contributed by atoms with Crippen LogP contribution in [0.2, 0.25) is 0 Å². The van der Waals surface area contributed by atoms with E-state index in [0.717, 1.165) is 39.3 Å². The van der Waals surface area contributed by atoms with Crippen molar-refractivity contribution < 1.29 is 4.92 Å². The Labute approximate surface area is 117 Å². The van der Waals surface area contributed by atoms with E-state index in [1.165, 1.54) is 12.1 Å². The summed E-state index contributed by atoms with van der Waals surface area (Å²) in [4.78, 5) is 12.7. The highest BCUT2D eigenvalue weighted by Crippen LogP contribution is 2.22. The zero-order valence-corrected chi connectivity index (χ0v) is 11.1. The molecule has 20 heavy (non-hydrogen) atoms. The third-order valence-corrected chi connectivity index (χ3v) is 3.28. The van der Waals surface area contributed by atoms with Gasteiger partial charge in [-0.25, -0.2) is 0 Å². The molecule has 0 aromatic heterocycles. The van der Waals surface area contributed by atoms with E-state index in [9.17, 15) is 10.1 Å². The van der Waals surface area contributed by atoms with Gasteiger partial charge in [0.1, 0.15) is 11.6 Å². The zero-order valence-electron chi connectivity index (χ0n) is 11.1. The maximum atomic E-state index is 10.9. The Morgan fingerprint density at radius 3 is 2.85 bits per heavy atom. The van der Waals surface area contributed by atoms with Gasteiger partial charge in [0.05, 0.1) is 4.92 Å². The second kappa shape index (κ2) is 6.84. The molecule has 1 heterocycles. The van der Waals surface area contributed by atoms with E-state index in [2.05, 4.69) is 15.5 Å². The second-order valence-corrected chi connectivity index (χ2v) is 4.62. The SMILES string of the molecule is N#Cc1ccc(NCCN2CCNCC2)cc1[N+](=O)[O-]. The van der Waals surface area contributed by atoms with Crippen LogP contribution in [0, 0.1) is 21.4 Å². The summed E-state index contributed by atoms with van der Waals surface area (Å²) in [5.74, 6) is 0. The first-order chi connectivity index (χ1) is 9.70. The van der Waals surface area contributed by atoms with E-state index in [1.807, 2.05) is 6.07 Å². The standard InChI is InChI=1S/C13H17N5O2/c14-10-11-1-2-12(9-13(11)18(19)20)16-5-8-17-6-3-15-4-7-17/h1-2,9,15-16H,3-8H2. The van der Waals surface area contributed by atoms with E-state index in [4.69, 9.17) is 5.26 Å². The normalized spacial score (nSPS) is 15.6. The molecule has 1 aromatic carbocycles. The number of nitro benzene ring substituents is 1. The van der Waals surface area contributed by atoms with Crippen LogP contribution in [0.5, 0.6) is 0 Å². The lowest BCUT2D eigenvalue weighted by molar-refractivity contribution is -0.385. The first-order valence-electron chi connectivity index (χ1n) is 6.56. The van der Waals surface area contributed by atoms with Crippen LogP contribution in [0.3, 0.4) is 0 Å². The Kier molecular flexibility index (Phi) is 4.87. The maximum Gasteiger partial charge on any atom is 0.289 e. The first kappa shape index (κ1) is 14.2. The van der Waals surface area contributed by atoms with Crippen molar-refractivity contribution in [2.24, 2.45) is 0 Å². The minimum absolute atomic E-state index is 0.0858. The Balaban J connectivity index is 1.91. The third-order valence-electron chi connectivity index (χ3n) is 3.28. The summed E-state index contributed by atoms with van der Waals surface area (Å²) in [5, 5.41) is 26.1. The molecule has 1 aromatic rings. The molecule has 1 fully saturated rings. The highest BCUT2D eigenvalue weighted by molar-refractivity contribution is 5.59. The van der Waals surface area contributed by atoms with Gasteiger partial charge in [-0.05, 0) is 12.1 Å². The fraction of sp³-hybridized carbons (Fsp3) is 0.462. The Morgan fingerprint density at radius 1 is 1.45 bits per heavy atom. The Bertz CT molecular complexity index is 520. The lowest BCUT2D eigenvalue weighted by Gasteiger charge is -2.27. The van der Waals surface area contributed by atoms with Crippen molar-refractivity contribution >= 4 is 11.4 Å². The van der Waals surface area contributed by atoms with Crippen LogP contribution in [0.4, 0.5) is 11.4 Å². The smallest absolute Gasteiger partial charge is 0.289 e. The summed E-state index contributed by atoms with van der Waals surface area (Å²) >= 11 is 0. The third kappa shape index (κ3) is 3.66. The molecular weight excluding hydrogens is 258 g/mol. The zero-order chi connectivity index (χ0) is 14.4. The van der Waals surface area contributed by atoms with Crippen LogP contribution in [0.25, 0.3) is 0 Å². The number of hydrogen-bond donors (Lipinski definition) is 2. The van der Waals surface area contributed by atoms with Crippen molar-refractivity contribution in [3.8, 4) is 6.07 Å². The number of benzene rings is 1. The lowest BCUT2D eigenvalue weighted by atomic mass is 10.2. The molecule has 1 saturated heterocycles. The fourth-order valence-corrected chi connectivity index (χ4v) is 2.18. The van der Waals surface area contributed by atoms with Crippen LogP contribution >= 0.6 is 0 Å². The fourth-order valence-electron chi connectivity index (χ4n) is 2.18. The topological polar surface area (TPSA) is 94.2 Å². The van der Waals surface area contributed by atoms with Gasteiger partial charge in [-0.3, -0.25) is 15.0 Å². The molecule has 0 aliphatic carbocycles. The van der Waals surface area contributed by atoms with Crippen LogP contribution < -0.4 is 10.6 Å². The van der Waals surface area contributed by atoms with Gasteiger partial charge in [-0.1, -0.05) is 0 Å². The van der Waals surface area contributed by atoms with Crippen molar-refractivity contribution in [3.05, 3.63) is 33.9 Å². The van der Waals surface area contributed by atoms with Gasteiger partial charge in [0, 0.05) is 51.0 Å². The van der Waals surface area contributed by atoms with E-state index in [1.54, 1.807) is 6.07 Å². The van der Waals surface area contributed by atoms with Crippen molar-refractivity contribution in [1.29, 1.82) is 5.26 Å². The second-order valence-electron chi connectivity index (χ2n) is 4.62. The Hall–Kier alpha value is -2.17. The van der Waals surface area contributed by atoms with Gasteiger partial charge in [0.25, 0.3) is 5.69 Å². The van der Waals surface area contributed by atoms with E-state index in [-0.39, 0.29) is 11.3 Å². The number of nitrogens with zero attached hydrogens (tertiary/aromatic N) is 3. The summed E-state index contributed by atoms with van der Waals surface area (Å²) in [6.45, 7) is 5.67. The number of nitriles is 1. The highest BCUT2D eigenvalue weighted by atomic mass is 16.6. The van der Waals surface area contributed by atoms with Crippen molar-refractivity contribution in [2.75, 3.05) is 44.6 Å². The van der Waals surface area contributed by atoms with Crippen molar-refractivity contribution in [1.82, 2.24) is 10.2 Å². The molecular formula is C13H17N5O2. The number of hydrogen-bond acceptors (Lipinski definition) is 6. The van der Waals surface area contributed by atoms with Crippen LogP contribution in [0.1, 0.15) is 5.56 Å². The van der Waals surface area contributed by atoms with Gasteiger partial charge >= 0.3 is 0 Å². The summed E-state index contributed by atoms with van der Waals surface area (Å²) < 4.78 is 0. The quantitative estimate of drug-likeness (QED) is 0.609. The molecule has 2 N–H and O–H groups in total. The van der Waals surface area contributed by atoms with Crippen LogP contribution in [-0.4, -0.2) is 49.1 Å². The highest BCUT2D eigenvalue weighted by Gasteiger charge is 2.14. The molecule has 2 rings (SSSR count). The molecule has 0 amide bonds. The van der Waals surface area contributed by atoms with Gasteiger partial charge in [0.2, 0.25) is 0 Å². The minimum Gasteiger partial charge on any atom is -0.384 e. The maximum absolute atomic E-state index is 10.9. The van der Waals surface area contributed by atoms with E-state index >= 15 is 0 Å². The molecule has 0 saturated carbocycles. The molecule has 0 bridgehead atoms. The van der Waals surface area contributed by atoms with Crippen LogP contribution in [-0.2, 0) is 0 Å². The lowest BCUT2D eigenvalue weighted by Crippen LogP contribution is -2.45. The monoisotopic (exact) mass is 275 g/mol. The van der Waals surface area contributed by atoms with Gasteiger partial charge in [-0.2, -0.15) is 5.26 Å². The van der Waals surface area contributed by atoms with Crippen molar-refractivity contribution in [2.45, 2.75) is 0 Å². The number of piperazine rings is 1. The molecule has 1 aliphatic rings. The summed E-state index contributed by atoms with van der Waals surface area (Å²) in [5.41, 5.74) is 0.605. The molecule has 0 radical (unpaired) electrons. The van der Waals surface area contributed by atoms with Crippen molar-refractivity contribution in [3.63, 3.8) is 0 Å². The number of nitro groups is 1. The van der Waals surface area contributed by atoms with Crippen LogP contribution in [0.15, 0.2) is 18.2 Å². The summed E-state index contributed by atoms with van der Waals surface area (Å²) in [7, 11) is 0. The number of anilines is 1. The number of rotatable bonds is 5. The molecule has 0 spiro atoms. The molecule has 0 atom stereocenters. The minimum atomic E-state index is -0.528. The van der Waals surface area contributed by atoms with Gasteiger partial charge in [0.15, 0.2) is 0 Å². The first-order valence-corrected chi connectivity index (χ1v) is 6.56. The largest absolute Gasteiger partial charge is 0.384 e. The predicted molar refractivity (Wildman–Crippen MR) is 75.6 cm³/mol. The average molecular weight is 275 g/mol. The average Bonchev–Trinajstić information content (AvgIpc) is 2.48. The molecule has 7 nitrogen and oxygen atoms in total. The molecule has 106 valence electrons.